The Labute approximate surface area is 203 Å². The van der Waals surface area contributed by atoms with Crippen LogP contribution in [0.4, 0.5) is 23.1 Å². The Morgan fingerprint density at radius 3 is 2.00 bits per heavy atom. The highest BCUT2D eigenvalue weighted by Crippen LogP contribution is 2.40. The quantitative estimate of drug-likeness (QED) is 0.409. The zero-order valence-corrected chi connectivity index (χ0v) is 19.3. The molecular weight excluding hydrogens is 444 g/mol. The van der Waals surface area contributed by atoms with Gasteiger partial charge in [0.05, 0.1) is 16.4 Å². The van der Waals surface area contributed by atoms with Gasteiger partial charge in [0.15, 0.2) is 0 Å². The number of pyridine rings is 1. The Bertz CT molecular complexity index is 1220. The van der Waals surface area contributed by atoms with Crippen LogP contribution in [-0.4, -0.2) is 59.1 Å². The first-order chi connectivity index (χ1) is 17.1. The molecule has 4 heterocycles. The van der Waals surface area contributed by atoms with Crippen LogP contribution in [0.25, 0.3) is 0 Å². The number of aromatic nitrogens is 3. The molecule has 0 N–H and O–H groups in total. The highest BCUT2D eigenvalue weighted by Gasteiger charge is 2.39. The third-order valence-electron chi connectivity index (χ3n) is 6.98. The van der Waals surface area contributed by atoms with Crippen molar-refractivity contribution >= 4 is 23.1 Å². The van der Waals surface area contributed by atoms with Gasteiger partial charge in [-0.2, -0.15) is 5.26 Å². The smallest absolute Gasteiger partial charge is 0.353 e. The number of nitro groups is 1. The third-order valence-corrected chi connectivity index (χ3v) is 6.98. The zero-order valence-electron chi connectivity index (χ0n) is 19.3. The molecule has 2 aliphatic rings. The van der Waals surface area contributed by atoms with Gasteiger partial charge in [-0.1, -0.05) is 36.4 Å². The number of benzene rings is 1. The lowest BCUT2D eigenvalue weighted by Gasteiger charge is -2.38. The predicted molar refractivity (Wildman–Crippen MR) is 133 cm³/mol. The highest BCUT2D eigenvalue weighted by atomic mass is 16.6. The minimum absolute atomic E-state index is 0.0667. The van der Waals surface area contributed by atoms with Crippen LogP contribution in [0.3, 0.4) is 0 Å². The van der Waals surface area contributed by atoms with Crippen LogP contribution in [0.2, 0.25) is 0 Å². The van der Waals surface area contributed by atoms with Crippen LogP contribution in [0, 0.1) is 21.4 Å². The van der Waals surface area contributed by atoms with E-state index in [0.717, 1.165) is 11.4 Å². The first-order valence-corrected chi connectivity index (χ1v) is 11.7. The van der Waals surface area contributed by atoms with E-state index in [0.29, 0.717) is 63.7 Å². The fourth-order valence-corrected chi connectivity index (χ4v) is 5.00. The fraction of sp³-hybridized carbons (Fsp3) is 0.360. The lowest BCUT2D eigenvalue weighted by molar-refractivity contribution is -0.383. The molecule has 0 spiro atoms. The second kappa shape index (κ2) is 9.54. The van der Waals surface area contributed by atoms with Gasteiger partial charge in [0.25, 0.3) is 0 Å². The van der Waals surface area contributed by atoms with E-state index in [4.69, 9.17) is 0 Å². The highest BCUT2D eigenvalue weighted by molar-refractivity contribution is 5.72. The van der Waals surface area contributed by atoms with Crippen LogP contribution in [-0.2, 0) is 5.41 Å². The molecule has 0 bridgehead atoms. The van der Waals surface area contributed by atoms with Crippen molar-refractivity contribution < 1.29 is 4.92 Å². The molecule has 5 rings (SSSR count). The van der Waals surface area contributed by atoms with E-state index in [-0.39, 0.29) is 10.6 Å². The molecule has 178 valence electrons. The molecule has 0 unspecified atom stereocenters. The predicted octanol–water partition coefficient (Wildman–Crippen LogP) is 3.17. The molecule has 1 aromatic carbocycles. The number of nitrogens with zero attached hydrogens (tertiary/aromatic N) is 8. The summed E-state index contributed by atoms with van der Waals surface area (Å²) in [6, 6.07) is 18.1. The van der Waals surface area contributed by atoms with Gasteiger partial charge < -0.3 is 14.7 Å². The largest absolute Gasteiger partial charge is 0.353 e. The van der Waals surface area contributed by atoms with Gasteiger partial charge in [-0.3, -0.25) is 10.1 Å². The van der Waals surface area contributed by atoms with Gasteiger partial charge in [0.2, 0.25) is 11.6 Å². The fourth-order valence-electron chi connectivity index (χ4n) is 5.00. The van der Waals surface area contributed by atoms with Gasteiger partial charge in [0.1, 0.15) is 12.1 Å². The molecule has 0 amide bonds. The van der Waals surface area contributed by atoms with Crippen molar-refractivity contribution in [1.82, 2.24) is 15.0 Å². The first kappa shape index (κ1) is 22.5. The molecule has 0 saturated carbocycles. The number of piperazine rings is 1. The van der Waals surface area contributed by atoms with E-state index >= 15 is 0 Å². The van der Waals surface area contributed by atoms with E-state index in [1.165, 1.54) is 6.33 Å². The second-order valence-corrected chi connectivity index (χ2v) is 8.84. The van der Waals surface area contributed by atoms with Gasteiger partial charge in [-0.05, 0) is 30.5 Å². The maximum absolute atomic E-state index is 12.2. The zero-order chi connectivity index (χ0) is 24.3. The Hall–Kier alpha value is -4.26. The number of rotatable bonds is 5. The summed E-state index contributed by atoms with van der Waals surface area (Å²) in [5, 5.41) is 22.2. The van der Waals surface area contributed by atoms with E-state index < -0.39 is 5.41 Å². The molecule has 0 aliphatic carbocycles. The monoisotopic (exact) mass is 470 g/mol. The van der Waals surface area contributed by atoms with E-state index in [1.54, 1.807) is 6.20 Å². The van der Waals surface area contributed by atoms with Crippen molar-refractivity contribution in [1.29, 1.82) is 5.26 Å². The molecule has 0 radical (unpaired) electrons. The maximum Gasteiger partial charge on any atom is 0.353 e. The van der Waals surface area contributed by atoms with Crippen LogP contribution in [0.1, 0.15) is 18.4 Å². The van der Waals surface area contributed by atoms with E-state index in [2.05, 4.69) is 25.9 Å². The number of piperidine rings is 1. The summed E-state index contributed by atoms with van der Waals surface area (Å²) in [6.07, 6.45) is 4.33. The molecule has 10 heteroatoms. The van der Waals surface area contributed by atoms with Crippen LogP contribution in [0.5, 0.6) is 0 Å². The topological polar surface area (TPSA) is 115 Å². The van der Waals surface area contributed by atoms with Crippen LogP contribution >= 0.6 is 0 Å². The average molecular weight is 471 g/mol. The van der Waals surface area contributed by atoms with Crippen molar-refractivity contribution in [2.24, 2.45) is 0 Å². The summed E-state index contributed by atoms with van der Waals surface area (Å²) in [7, 11) is 0. The number of hydrogen-bond donors (Lipinski definition) is 0. The Balaban J connectivity index is 1.35. The maximum atomic E-state index is 12.2. The van der Waals surface area contributed by atoms with Crippen LogP contribution in [0.15, 0.2) is 61.1 Å². The number of nitriles is 1. The van der Waals surface area contributed by atoms with Gasteiger partial charge >= 0.3 is 5.69 Å². The molecule has 2 aliphatic heterocycles. The van der Waals surface area contributed by atoms with Crippen molar-refractivity contribution in [3.63, 3.8) is 0 Å². The molecule has 2 fully saturated rings. The molecule has 10 nitrogen and oxygen atoms in total. The van der Waals surface area contributed by atoms with Gasteiger partial charge in [0, 0.05) is 45.5 Å². The summed E-state index contributed by atoms with van der Waals surface area (Å²) in [5.74, 6) is 1.57. The minimum Gasteiger partial charge on any atom is -0.353 e. The van der Waals surface area contributed by atoms with E-state index in [1.807, 2.05) is 58.3 Å². The summed E-state index contributed by atoms with van der Waals surface area (Å²) in [6.45, 7) is 3.59. The van der Waals surface area contributed by atoms with Crippen LogP contribution < -0.4 is 14.7 Å². The second-order valence-electron chi connectivity index (χ2n) is 8.84. The Morgan fingerprint density at radius 2 is 1.43 bits per heavy atom. The van der Waals surface area contributed by atoms with Crippen molar-refractivity contribution in [3.05, 3.63) is 76.7 Å². The third kappa shape index (κ3) is 4.33. The van der Waals surface area contributed by atoms with Crippen molar-refractivity contribution in [2.45, 2.75) is 18.3 Å². The Morgan fingerprint density at radius 1 is 0.829 bits per heavy atom. The Kier molecular flexibility index (Phi) is 6.14. The molecule has 2 aromatic heterocycles. The molecule has 3 aromatic rings. The normalized spacial score (nSPS) is 17.6. The summed E-state index contributed by atoms with van der Waals surface area (Å²) in [5.41, 5.74) is 0.332. The summed E-state index contributed by atoms with van der Waals surface area (Å²) >= 11 is 0. The lowest BCUT2D eigenvalue weighted by Crippen LogP contribution is -2.47. The van der Waals surface area contributed by atoms with Gasteiger partial charge in [-0.15, -0.1) is 0 Å². The minimum atomic E-state index is -0.593. The first-order valence-electron chi connectivity index (χ1n) is 11.7. The SMILES string of the molecule is N#CC1(c2ccccc2)CCN(c2ncnc(N3CCN(c4ccccn4)CC3)c2[N+](=O)[O-])CC1. The molecule has 2 saturated heterocycles. The van der Waals surface area contributed by atoms with Crippen molar-refractivity contribution in [3.8, 4) is 6.07 Å². The number of hydrogen-bond acceptors (Lipinski definition) is 9. The van der Waals surface area contributed by atoms with E-state index in [9.17, 15) is 15.4 Å². The van der Waals surface area contributed by atoms with Gasteiger partial charge in [-0.25, -0.2) is 15.0 Å². The van der Waals surface area contributed by atoms with Crippen molar-refractivity contribution in [2.75, 3.05) is 54.0 Å². The standard InChI is InChI=1S/C25H26N8O2/c26-18-25(20-6-2-1-3-7-20)9-12-31(13-10-25)23-22(33(34)35)24(29-19-28-23)32-16-14-30(15-17-32)21-8-4-5-11-27-21/h1-8,11,19H,9-10,12-17H2. The average Bonchev–Trinajstić information content (AvgIpc) is 2.93. The molecule has 0 atom stereocenters. The summed E-state index contributed by atoms with van der Waals surface area (Å²) in [4.78, 5) is 31.0. The molecular formula is C25H26N8O2. The molecule has 35 heavy (non-hydrogen) atoms. The lowest BCUT2D eigenvalue weighted by atomic mass is 9.74. The summed E-state index contributed by atoms with van der Waals surface area (Å²) < 4.78 is 0. The number of anilines is 3.